The summed E-state index contributed by atoms with van der Waals surface area (Å²) < 4.78 is 28.8. The number of piperidine rings is 1. The Morgan fingerprint density at radius 3 is 2.79 bits per heavy atom. The molecule has 0 spiro atoms. The van der Waals surface area contributed by atoms with Crippen molar-refractivity contribution in [3.8, 4) is 0 Å². The lowest BCUT2D eigenvalue weighted by molar-refractivity contribution is 0.101. The number of aromatic nitrogens is 1. The highest BCUT2D eigenvalue weighted by molar-refractivity contribution is 6.30. The fourth-order valence-electron chi connectivity index (χ4n) is 3.90. The third kappa shape index (κ3) is 4.50. The Bertz CT molecular complexity index is 890. The average Bonchev–Trinajstić information content (AvgIpc) is 2.63. The smallest absolute Gasteiger partial charge is 0.162 e. The van der Waals surface area contributed by atoms with Crippen LogP contribution in [0.5, 0.6) is 0 Å². The fourth-order valence-corrected chi connectivity index (χ4v) is 4.09. The number of hydrogen-bond donors (Lipinski definition) is 1. The molecule has 1 aromatic heterocycles. The van der Waals surface area contributed by atoms with Gasteiger partial charge in [-0.05, 0) is 57.7 Å². The Balaban J connectivity index is 1.68. The molecule has 28 heavy (non-hydrogen) atoms. The van der Waals surface area contributed by atoms with E-state index in [1.807, 2.05) is 0 Å². The molecule has 2 N–H and O–H groups in total. The van der Waals surface area contributed by atoms with Crippen LogP contribution in [0.25, 0.3) is 0 Å². The predicted octanol–water partition coefficient (Wildman–Crippen LogP) is 4.64. The number of carbonyl (C=O) groups is 1. The Morgan fingerprint density at radius 1 is 1.36 bits per heavy atom. The lowest BCUT2D eigenvalue weighted by Gasteiger charge is -2.38. The highest BCUT2D eigenvalue weighted by atomic mass is 35.5. The molecule has 2 atom stereocenters. The van der Waals surface area contributed by atoms with Crippen molar-refractivity contribution < 1.29 is 13.6 Å². The maximum absolute atomic E-state index is 14.6. The number of nitrogens with zero attached hydrogens (tertiary/aromatic N) is 2. The zero-order valence-corrected chi connectivity index (χ0v) is 16.8. The van der Waals surface area contributed by atoms with Gasteiger partial charge in [0.2, 0.25) is 0 Å². The minimum absolute atomic E-state index is 0.00980. The van der Waals surface area contributed by atoms with Gasteiger partial charge in [-0.15, -0.1) is 0 Å². The number of rotatable bonds is 5. The largest absolute Gasteiger partial charge is 0.384 e. The van der Waals surface area contributed by atoms with Crippen LogP contribution in [-0.4, -0.2) is 28.3 Å². The van der Waals surface area contributed by atoms with Crippen LogP contribution >= 0.6 is 11.6 Å². The van der Waals surface area contributed by atoms with Crippen LogP contribution in [0.1, 0.15) is 48.3 Å². The molecule has 7 heteroatoms. The Labute approximate surface area is 168 Å². The number of halogens is 3. The van der Waals surface area contributed by atoms with Crippen molar-refractivity contribution in [3.05, 3.63) is 57.7 Å². The molecule has 2 aromatic rings. The van der Waals surface area contributed by atoms with E-state index in [-0.39, 0.29) is 45.7 Å². The molecule has 1 saturated heterocycles. The van der Waals surface area contributed by atoms with Gasteiger partial charge in [0, 0.05) is 18.2 Å². The van der Waals surface area contributed by atoms with Gasteiger partial charge in [-0.2, -0.15) is 0 Å². The van der Waals surface area contributed by atoms with Crippen molar-refractivity contribution in [1.29, 1.82) is 0 Å². The van der Waals surface area contributed by atoms with Gasteiger partial charge >= 0.3 is 0 Å². The number of carbonyl (C=O) groups excluding carboxylic acids is 1. The van der Waals surface area contributed by atoms with Crippen LogP contribution in [-0.2, 0) is 13.0 Å². The molecule has 3 rings (SSSR count). The second kappa shape index (κ2) is 8.53. The van der Waals surface area contributed by atoms with Gasteiger partial charge in [-0.3, -0.25) is 9.69 Å². The van der Waals surface area contributed by atoms with E-state index < -0.39 is 5.82 Å². The summed E-state index contributed by atoms with van der Waals surface area (Å²) in [5, 5.41) is 0.129. The summed E-state index contributed by atoms with van der Waals surface area (Å²) in [6, 6.07) is 6.52. The Hall–Kier alpha value is -2.05. The lowest BCUT2D eigenvalue weighted by Crippen LogP contribution is -2.41. The molecule has 0 radical (unpaired) electrons. The number of hydrogen-bond acceptors (Lipinski definition) is 4. The van der Waals surface area contributed by atoms with Crippen LogP contribution in [0, 0.1) is 17.6 Å². The first-order valence-electron chi connectivity index (χ1n) is 9.39. The topological polar surface area (TPSA) is 59.2 Å². The van der Waals surface area contributed by atoms with Crippen molar-refractivity contribution in [3.63, 3.8) is 0 Å². The summed E-state index contributed by atoms with van der Waals surface area (Å²) in [5.41, 5.74) is 6.56. The summed E-state index contributed by atoms with van der Waals surface area (Å²) in [5.74, 6) is -0.929. The molecular formula is C21H24ClF2N3O. The standard InChI is InChI=1S/C21H24ClF2N3O/c1-12-8-14(9-18-21(24)16(13(2)28)10-19(25)26-18)6-7-27(12)11-15-4-3-5-17(22)20(15)23/h3-5,10,12,14H,6-9,11H2,1-2H3,(H2,25,26)/t12-,14?/m1/s1. The van der Waals surface area contributed by atoms with Gasteiger partial charge in [0.1, 0.15) is 11.6 Å². The summed E-state index contributed by atoms with van der Waals surface area (Å²) in [6.45, 7) is 4.65. The zero-order valence-electron chi connectivity index (χ0n) is 16.0. The van der Waals surface area contributed by atoms with E-state index in [0.717, 1.165) is 19.4 Å². The third-order valence-electron chi connectivity index (χ3n) is 5.43. The van der Waals surface area contributed by atoms with Crippen molar-refractivity contribution in [2.24, 2.45) is 5.92 Å². The molecule has 1 aromatic carbocycles. The number of Topliss-reactive ketones (excluding diaryl/α,β-unsaturated/α-hetero) is 1. The first kappa shape index (κ1) is 20.7. The van der Waals surface area contributed by atoms with Crippen LogP contribution in [0.4, 0.5) is 14.6 Å². The Morgan fingerprint density at radius 2 is 2.11 bits per heavy atom. The summed E-state index contributed by atoms with van der Waals surface area (Å²) >= 11 is 5.87. The highest BCUT2D eigenvalue weighted by Crippen LogP contribution is 2.29. The minimum atomic E-state index is -0.571. The second-order valence-corrected chi connectivity index (χ2v) is 7.95. The van der Waals surface area contributed by atoms with Crippen LogP contribution < -0.4 is 5.73 Å². The zero-order chi connectivity index (χ0) is 20.4. The average molecular weight is 408 g/mol. The summed E-state index contributed by atoms with van der Waals surface area (Å²) in [6.07, 6.45) is 2.09. The van der Waals surface area contributed by atoms with Crippen molar-refractivity contribution in [1.82, 2.24) is 9.88 Å². The number of likely N-dealkylation sites (tertiary alicyclic amines) is 1. The van der Waals surface area contributed by atoms with Crippen molar-refractivity contribution in [2.75, 3.05) is 12.3 Å². The normalized spacial score (nSPS) is 20.3. The van der Waals surface area contributed by atoms with E-state index in [2.05, 4.69) is 16.8 Å². The Kier molecular flexibility index (Phi) is 6.30. The van der Waals surface area contributed by atoms with E-state index >= 15 is 0 Å². The first-order valence-corrected chi connectivity index (χ1v) is 9.76. The van der Waals surface area contributed by atoms with Gasteiger partial charge in [0.25, 0.3) is 0 Å². The molecule has 150 valence electrons. The van der Waals surface area contributed by atoms with Crippen molar-refractivity contribution >= 4 is 23.2 Å². The molecule has 0 aliphatic carbocycles. The number of nitrogen functional groups attached to an aromatic ring is 1. The van der Waals surface area contributed by atoms with E-state index in [1.165, 1.54) is 13.0 Å². The monoisotopic (exact) mass is 407 g/mol. The molecule has 0 amide bonds. The number of nitrogens with two attached hydrogens (primary N) is 1. The first-order chi connectivity index (χ1) is 13.3. The molecule has 1 aliphatic rings. The van der Waals surface area contributed by atoms with Crippen LogP contribution in [0.15, 0.2) is 24.3 Å². The fraction of sp³-hybridized carbons (Fsp3) is 0.429. The highest BCUT2D eigenvalue weighted by Gasteiger charge is 2.28. The quantitative estimate of drug-likeness (QED) is 0.733. The minimum Gasteiger partial charge on any atom is -0.384 e. The molecule has 0 bridgehead atoms. The third-order valence-corrected chi connectivity index (χ3v) is 5.73. The lowest BCUT2D eigenvalue weighted by atomic mass is 9.87. The molecular weight excluding hydrogens is 384 g/mol. The molecule has 0 saturated carbocycles. The van der Waals surface area contributed by atoms with E-state index in [9.17, 15) is 13.6 Å². The van der Waals surface area contributed by atoms with Gasteiger partial charge in [0.05, 0.1) is 16.3 Å². The number of ketones is 1. The van der Waals surface area contributed by atoms with Gasteiger partial charge in [-0.25, -0.2) is 13.8 Å². The number of pyridine rings is 1. The molecule has 1 unspecified atom stereocenters. The number of benzene rings is 1. The van der Waals surface area contributed by atoms with Crippen LogP contribution in [0.2, 0.25) is 5.02 Å². The summed E-state index contributed by atoms with van der Waals surface area (Å²) in [7, 11) is 0. The second-order valence-electron chi connectivity index (χ2n) is 7.54. The molecule has 4 nitrogen and oxygen atoms in total. The van der Waals surface area contributed by atoms with E-state index in [0.29, 0.717) is 18.5 Å². The predicted molar refractivity (Wildman–Crippen MR) is 106 cm³/mol. The van der Waals surface area contributed by atoms with Gasteiger partial charge in [0.15, 0.2) is 11.6 Å². The SMILES string of the molecule is CC(=O)c1cc(N)nc(CC2CCN(Cc3cccc(Cl)c3F)[C@H](C)C2)c1F. The maximum Gasteiger partial charge on any atom is 0.162 e. The van der Waals surface area contributed by atoms with Crippen molar-refractivity contribution in [2.45, 2.75) is 45.7 Å². The molecule has 1 fully saturated rings. The number of anilines is 1. The van der Waals surface area contributed by atoms with E-state index in [4.69, 9.17) is 17.3 Å². The molecule has 1 aliphatic heterocycles. The van der Waals surface area contributed by atoms with Gasteiger partial charge in [-0.1, -0.05) is 23.7 Å². The van der Waals surface area contributed by atoms with Gasteiger partial charge < -0.3 is 5.73 Å². The molecule has 2 heterocycles. The maximum atomic E-state index is 14.6. The van der Waals surface area contributed by atoms with Crippen LogP contribution in [0.3, 0.4) is 0 Å². The van der Waals surface area contributed by atoms with E-state index in [1.54, 1.807) is 18.2 Å². The summed E-state index contributed by atoms with van der Waals surface area (Å²) in [4.78, 5) is 17.9.